The van der Waals surface area contributed by atoms with E-state index in [0.717, 1.165) is 6.07 Å². The molecule has 3 nitrogen and oxygen atoms in total. The summed E-state index contributed by atoms with van der Waals surface area (Å²) in [4.78, 5) is 12.9. The first-order valence-corrected chi connectivity index (χ1v) is 3.52. The number of H-pyrrole nitrogens is 1. The highest BCUT2D eigenvalue weighted by Gasteiger charge is 2.05. The lowest BCUT2D eigenvalue weighted by atomic mass is 10.3. The molecule has 1 aromatic heterocycles. The molecular formula is C7H3ClFNO2. The second-order valence-electron chi connectivity index (χ2n) is 2.28. The minimum atomic E-state index is -0.619. The van der Waals surface area contributed by atoms with E-state index in [2.05, 4.69) is 9.40 Å². The number of aromatic amines is 1. The fourth-order valence-electron chi connectivity index (χ4n) is 0.946. The molecular weight excluding hydrogens is 185 g/mol. The van der Waals surface area contributed by atoms with E-state index in [1.165, 1.54) is 6.07 Å². The summed E-state index contributed by atoms with van der Waals surface area (Å²) in [6.45, 7) is 0. The van der Waals surface area contributed by atoms with Crippen molar-refractivity contribution in [3.05, 3.63) is 33.5 Å². The topological polar surface area (TPSA) is 46.0 Å². The van der Waals surface area contributed by atoms with E-state index in [1.54, 1.807) is 0 Å². The van der Waals surface area contributed by atoms with Crippen LogP contribution in [0, 0.1) is 5.82 Å². The molecule has 62 valence electrons. The summed E-state index contributed by atoms with van der Waals surface area (Å²) in [6.07, 6.45) is 0. The van der Waals surface area contributed by atoms with Gasteiger partial charge in [-0.15, -0.1) is 0 Å². The molecule has 0 saturated heterocycles. The largest absolute Gasteiger partial charge is 0.417 e. The number of hydrogen-bond acceptors (Lipinski definition) is 2. The highest BCUT2D eigenvalue weighted by Crippen LogP contribution is 2.20. The normalized spacial score (nSPS) is 10.8. The fraction of sp³-hybridized carbons (Fsp3) is 0. The Hall–Kier alpha value is -1.29. The van der Waals surface area contributed by atoms with Crippen molar-refractivity contribution in [1.29, 1.82) is 0 Å². The van der Waals surface area contributed by atoms with Gasteiger partial charge in [0.05, 0.1) is 10.5 Å². The maximum absolute atomic E-state index is 12.8. The minimum Gasteiger partial charge on any atom is -0.408 e. The number of nitrogens with one attached hydrogen (secondary N) is 1. The predicted molar refractivity (Wildman–Crippen MR) is 41.8 cm³/mol. The van der Waals surface area contributed by atoms with Crippen LogP contribution in [0.2, 0.25) is 5.02 Å². The monoisotopic (exact) mass is 187 g/mol. The van der Waals surface area contributed by atoms with Crippen molar-refractivity contribution in [2.75, 3.05) is 0 Å². The van der Waals surface area contributed by atoms with Gasteiger partial charge in [-0.1, -0.05) is 11.6 Å². The van der Waals surface area contributed by atoms with Gasteiger partial charge in [0.25, 0.3) is 0 Å². The molecule has 0 spiro atoms. The van der Waals surface area contributed by atoms with Crippen molar-refractivity contribution in [3.63, 3.8) is 0 Å². The molecule has 0 aliphatic rings. The molecule has 12 heavy (non-hydrogen) atoms. The molecule has 0 unspecified atom stereocenters. The van der Waals surface area contributed by atoms with E-state index in [4.69, 9.17) is 11.6 Å². The van der Waals surface area contributed by atoms with E-state index < -0.39 is 11.6 Å². The van der Waals surface area contributed by atoms with Crippen LogP contribution in [0.3, 0.4) is 0 Å². The SMILES string of the molecule is O=c1[nH]c2cc(F)c(Cl)cc2o1. The zero-order valence-corrected chi connectivity index (χ0v) is 6.48. The van der Waals surface area contributed by atoms with Gasteiger partial charge in [-0.25, -0.2) is 9.18 Å². The van der Waals surface area contributed by atoms with Gasteiger partial charge in [-0.2, -0.15) is 0 Å². The molecule has 0 aliphatic carbocycles. The summed E-state index contributed by atoms with van der Waals surface area (Å²) in [5.74, 6) is -1.20. The molecule has 0 radical (unpaired) electrons. The van der Waals surface area contributed by atoms with E-state index >= 15 is 0 Å². The van der Waals surface area contributed by atoms with Gasteiger partial charge in [-0.05, 0) is 0 Å². The van der Waals surface area contributed by atoms with E-state index in [-0.39, 0.29) is 10.6 Å². The average Bonchev–Trinajstić information content (AvgIpc) is 2.30. The van der Waals surface area contributed by atoms with Gasteiger partial charge in [-0.3, -0.25) is 4.98 Å². The summed E-state index contributed by atoms with van der Waals surface area (Å²) in [5.41, 5.74) is 0.563. The van der Waals surface area contributed by atoms with Gasteiger partial charge in [0, 0.05) is 12.1 Å². The molecule has 0 atom stereocenters. The number of rotatable bonds is 0. The van der Waals surface area contributed by atoms with Crippen molar-refractivity contribution < 1.29 is 8.81 Å². The van der Waals surface area contributed by atoms with E-state index in [0.29, 0.717) is 5.52 Å². The van der Waals surface area contributed by atoms with Crippen LogP contribution in [-0.4, -0.2) is 4.98 Å². The number of oxazole rings is 1. The first kappa shape index (κ1) is 7.36. The molecule has 2 aromatic rings. The molecule has 0 bridgehead atoms. The van der Waals surface area contributed by atoms with Crippen LogP contribution in [0.25, 0.3) is 11.1 Å². The highest BCUT2D eigenvalue weighted by atomic mass is 35.5. The molecule has 1 N–H and O–H groups in total. The van der Waals surface area contributed by atoms with Crippen molar-refractivity contribution in [3.8, 4) is 0 Å². The van der Waals surface area contributed by atoms with Crippen LogP contribution in [0.1, 0.15) is 0 Å². The predicted octanol–water partition coefficient (Wildman–Crippen LogP) is 1.91. The lowest BCUT2D eigenvalue weighted by Gasteiger charge is -1.90. The Morgan fingerprint density at radius 1 is 1.50 bits per heavy atom. The number of hydrogen-bond donors (Lipinski definition) is 1. The van der Waals surface area contributed by atoms with Crippen molar-refractivity contribution >= 4 is 22.7 Å². The first-order valence-electron chi connectivity index (χ1n) is 3.15. The standard InChI is InChI=1S/C7H3ClFNO2/c8-3-1-6-5(2-4(3)9)10-7(11)12-6/h1-2H,(H,10,11). The molecule has 1 heterocycles. The van der Waals surface area contributed by atoms with Crippen molar-refractivity contribution in [1.82, 2.24) is 4.98 Å². The third kappa shape index (κ3) is 1.00. The van der Waals surface area contributed by atoms with Crippen LogP contribution in [-0.2, 0) is 0 Å². The first-order chi connectivity index (χ1) is 5.66. The Morgan fingerprint density at radius 2 is 2.25 bits per heavy atom. The van der Waals surface area contributed by atoms with Gasteiger partial charge in [0.1, 0.15) is 5.82 Å². The molecule has 0 aliphatic heterocycles. The highest BCUT2D eigenvalue weighted by molar-refractivity contribution is 6.31. The second-order valence-corrected chi connectivity index (χ2v) is 2.68. The Morgan fingerprint density at radius 3 is 3.00 bits per heavy atom. The number of aromatic nitrogens is 1. The number of benzene rings is 1. The molecule has 0 saturated carbocycles. The second kappa shape index (κ2) is 2.35. The van der Waals surface area contributed by atoms with Gasteiger partial charge < -0.3 is 4.42 Å². The quantitative estimate of drug-likeness (QED) is 0.685. The third-order valence-corrected chi connectivity index (χ3v) is 1.75. The Bertz CT molecular complexity index is 446. The fourth-order valence-corrected chi connectivity index (χ4v) is 1.10. The van der Waals surface area contributed by atoms with Crippen molar-refractivity contribution in [2.45, 2.75) is 0 Å². The number of fused-ring (bicyclic) bond motifs is 1. The zero-order valence-electron chi connectivity index (χ0n) is 5.73. The Balaban J connectivity index is 2.92. The minimum absolute atomic E-state index is 0.0646. The van der Waals surface area contributed by atoms with Gasteiger partial charge in [0.15, 0.2) is 5.58 Å². The third-order valence-electron chi connectivity index (χ3n) is 1.46. The molecule has 1 aromatic carbocycles. The molecule has 2 rings (SSSR count). The lowest BCUT2D eigenvalue weighted by Crippen LogP contribution is -1.92. The summed E-state index contributed by atoms with van der Waals surface area (Å²) >= 11 is 5.45. The Kier molecular flexibility index (Phi) is 1.44. The number of halogens is 2. The van der Waals surface area contributed by atoms with E-state index in [1.807, 2.05) is 0 Å². The average molecular weight is 188 g/mol. The van der Waals surface area contributed by atoms with Gasteiger partial charge in [0.2, 0.25) is 0 Å². The smallest absolute Gasteiger partial charge is 0.408 e. The van der Waals surface area contributed by atoms with Crippen LogP contribution in [0.5, 0.6) is 0 Å². The summed E-state index contributed by atoms with van der Waals surface area (Å²) < 4.78 is 17.4. The summed E-state index contributed by atoms with van der Waals surface area (Å²) in [6, 6.07) is 2.37. The summed E-state index contributed by atoms with van der Waals surface area (Å²) in [7, 11) is 0. The Labute approximate surface area is 70.8 Å². The molecule has 0 fully saturated rings. The molecule has 5 heteroatoms. The van der Waals surface area contributed by atoms with Crippen molar-refractivity contribution in [2.24, 2.45) is 0 Å². The molecule has 0 amide bonds. The van der Waals surface area contributed by atoms with Crippen LogP contribution < -0.4 is 5.76 Å². The van der Waals surface area contributed by atoms with E-state index in [9.17, 15) is 9.18 Å². The van der Waals surface area contributed by atoms with Crippen LogP contribution >= 0.6 is 11.6 Å². The lowest BCUT2D eigenvalue weighted by molar-refractivity contribution is 0.554. The zero-order chi connectivity index (χ0) is 8.72. The maximum Gasteiger partial charge on any atom is 0.417 e. The van der Waals surface area contributed by atoms with Crippen LogP contribution in [0.15, 0.2) is 21.3 Å². The summed E-state index contributed by atoms with van der Waals surface area (Å²) in [5, 5.41) is -0.0646. The maximum atomic E-state index is 12.8. The van der Waals surface area contributed by atoms with Gasteiger partial charge >= 0.3 is 5.76 Å². The van der Waals surface area contributed by atoms with Crippen LogP contribution in [0.4, 0.5) is 4.39 Å².